The third kappa shape index (κ3) is 1.51. The fourth-order valence-corrected chi connectivity index (χ4v) is 1.88. The van der Waals surface area contributed by atoms with Crippen LogP contribution in [0.3, 0.4) is 0 Å². The molecule has 1 nitrogen and oxygen atoms in total. The highest BCUT2D eigenvalue weighted by Crippen LogP contribution is 2.25. The summed E-state index contributed by atoms with van der Waals surface area (Å²) in [5.41, 5.74) is 1.43. The van der Waals surface area contributed by atoms with Crippen LogP contribution >= 0.6 is 0 Å². The molecule has 1 aliphatic rings. The quantitative estimate of drug-likeness (QED) is 0.667. The second-order valence-electron chi connectivity index (χ2n) is 3.61. The van der Waals surface area contributed by atoms with E-state index in [1.807, 2.05) is 0 Å². The largest absolute Gasteiger partial charge is 0.307 e. The summed E-state index contributed by atoms with van der Waals surface area (Å²) in [7, 11) is 0. The Morgan fingerprint density at radius 2 is 1.92 bits per heavy atom. The van der Waals surface area contributed by atoms with Gasteiger partial charge in [-0.15, -0.1) is 0 Å². The minimum atomic E-state index is 0.598. The van der Waals surface area contributed by atoms with Crippen molar-refractivity contribution in [1.29, 1.82) is 0 Å². The third-order valence-corrected chi connectivity index (χ3v) is 2.58. The molecule has 1 aromatic rings. The van der Waals surface area contributed by atoms with Crippen LogP contribution in [-0.2, 0) is 0 Å². The summed E-state index contributed by atoms with van der Waals surface area (Å²) in [6.45, 7) is 2.25. The molecule has 1 aromatic carbocycles. The van der Waals surface area contributed by atoms with Crippen molar-refractivity contribution in [3.05, 3.63) is 35.9 Å². The third-order valence-electron chi connectivity index (χ3n) is 2.58. The summed E-state index contributed by atoms with van der Waals surface area (Å²) in [5, 5.41) is 3.57. The van der Waals surface area contributed by atoms with Gasteiger partial charge in [-0.2, -0.15) is 0 Å². The first-order valence-electron chi connectivity index (χ1n) is 4.67. The van der Waals surface area contributed by atoms with Gasteiger partial charge in [0.1, 0.15) is 0 Å². The van der Waals surface area contributed by atoms with E-state index in [-0.39, 0.29) is 0 Å². The fraction of sp³-hybridized carbons (Fsp3) is 0.455. The van der Waals surface area contributed by atoms with Crippen molar-refractivity contribution in [1.82, 2.24) is 5.32 Å². The molecule has 0 bridgehead atoms. The minimum Gasteiger partial charge on any atom is -0.307 e. The first-order chi connectivity index (χ1) is 5.86. The number of nitrogens with one attached hydrogen (secondary N) is 1. The van der Waals surface area contributed by atoms with Gasteiger partial charge in [0, 0.05) is 12.1 Å². The molecule has 0 aromatic heterocycles. The predicted octanol–water partition coefficient (Wildman–Crippen LogP) is 2.50. The van der Waals surface area contributed by atoms with Crippen LogP contribution in [0.25, 0.3) is 0 Å². The number of rotatable bonds is 1. The Labute approximate surface area is 73.8 Å². The Morgan fingerprint density at radius 1 is 1.17 bits per heavy atom. The molecule has 1 N–H and O–H groups in total. The standard InChI is InChI=1S/C11H15N/c1-9-7-8-11(12-9)10-5-3-2-4-6-10/h2-6,9,11-12H,7-8H2,1H3/t9-,11+/m0/s1. The van der Waals surface area contributed by atoms with Crippen LogP contribution in [0.2, 0.25) is 0 Å². The molecular formula is C11H15N. The molecule has 1 fully saturated rings. The van der Waals surface area contributed by atoms with Crippen LogP contribution in [0, 0.1) is 0 Å². The molecule has 12 heavy (non-hydrogen) atoms. The smallest absolute Gasteiger partial charge is 0.0323 e. The Kier molecular flexibility index (Phi) is 2.13. The maximum Gasteiger partial charge on any atom is 0.0323 e. The van der Waals surface area contributed by atoms with Crippen molar-refractivity contribution in [2.45, 2.75) is 31.8 Å². The van der Waals surface area contributed by atoms with Gasteiger partial charge in [-0.1, -0.05) is 30.3 Å². The monoisotopic (exact) mass is 161 g/mol. The summed E-state index contributed by atoms with van der Waals surface area (Å²) in [6, 6.07) is 12.0. The maximum absolute atomic E-state index is 3.57. The molecule has 1 heteroatoms. The van der Waals surface area contributed by atoms with Crippen molar-refractivity contribution in [2.75, 3.05) is 0 Å². The Morgan fingerprint density at radius 3 is 2.50 bits per heavy atom. The normalized spacial score (nSPS) is 29.1. The van der Waals surface area contributed by atoms with Crippen molar-refractivity contribution in [2.24, 2.45) is 0 Å². The fourth-order valence-electron chi connectivity index (χ4n) is 1.88. The summed E-state index contributed by atoms with van der Waals surface area (Å²) in [6.07, 6.45) is 2.59. The second kappa shape index (κ2) is 3.28. The number of hydrogen-bond donors (Lipinski definition) is 1. The SMILES string of the molecule is C[C@H]1CC[C@H](c2ccccc2)N1. The molecule has 2 rings (SSSR count). The Hall–Kier alpha value is -0.820. The van der Waals surface area contributed by atoms with Gasteiger partial charge in [0.15, 0.2) is 0 Å². The van der Waals surface area contributed by atoms with Gasteiger partial charge in [-0.25, -0.2) is 0 Å². The highest BCUT2D eigenvalue weighted by molar-refractivity contribution is 5.19. The lowest BCUT2D eigenvalue weighted by molar-refractivity contribution is 0.585. The van der Waals surface area contributed by atoms with E-state index in [0.717, 1.165) is 0 Å². The molecule has 0 spiro atoms. The molecule has 64 valence electrons. The van der Waals surface area contributed by atoms with Crippen LogP contribution in [0.1, 0.15) is 31.4 Å². The van der Waals surface area contributed by atoms with Gasteiger partial charge < -0.3 is 5.32 Å². The summed E-state index contributed by atoms with van der Waals surface area (Å²) in [5.74, 6) is 0. The van der Waals surface area contributed by atoms with E-state index in [2.05, 4.69) is 42.6 Å². The first-order valence-corrected chi connectivity index (χ1v) is 4.67. The van der Waals surface area contributed by atoms with Crippen LogP contribution in [-0.4, -0.2) is 6.04 Å². The molecule has 1 heterocycles. The van der Waals surface area contributed by atoms with Crippen LogP contribution < -0.4 is 5.32 Å². The molecule has 1 saturated heterocycles. The molecule has 0 amide bonds. The lowest BCUT2D eigenvalue weighted by Crippen LogP contribution is -2.20. The molecule has 0 unspecified atom stereocenters. The van der Waals surface area contributed by atoms with Crippen molar-refractivity contribution in [3.63, 3.8) is 0 Å². The summed E-state index contributed by atoms with van der Waals surface area (Å²) in [4.78, 5) is 0. The van der Waals surface area contributed by atoms with E-state index in [4.69, 9.17) is 0 Å². The number of hydrogen-bond acceptors (Lipinski definition) is 1. The molecular weight excluding hydrogens is 146 g/mol. The molecule has 0 saturated carbocycles. The van der Waals surface area contributed by atoms with Crippen LogP contribution in [0.4, 0.5) is 0 Å². The van der Waals surface area contributed by atoms with E-state index < -0.39 is 0 Å². The maximum atomic E-state index is 3.57. The Balaban J connectivity index is 2.11. The average molecular weight is 161 g/mol. The van der Waals surface area contributed by atoms with Crippen LogP contribution in [0.5, 0.6) is 0 Å². The minimum absolute atomic E-state index is 0.598. The molecule has 1 aliphatic heterocycles. The molecule has 2 atom stereocenters. The van der Waals surface area contributed by atoms with Crippen molar-refractivity contribution in [3.8, 4) is 0 Å². The van der Waals surface area contributed by atoms with Crippen LogP contribution in [0.15, 0.2) is 30.3 Å². The zero-order valence-electron chi connectivity index (χ0n) is 7.46. The zero-order valence-corrected chi connectivity index (χ0v) is 7.46. The molecule has 0 radical (unpaired) electrons. The van der Waals surface area contributed by atoms with Crippen molar-refractivity contribution < 1.29 is 0 Å². The first kappa shape index (κ1) is 7.81. The second-order valence-corrected chi connectivity index (χ2v) is 3.61. The van der Waals surface area contributed by atoms with E-state index in [0.29, 0.717) is 12.1 Å². The highest BCUT2D eigenvalue weighted by Gasteiger charge is 2.20. The summed E-state index contributed by atoms with van der Waals surface area (Å²) >= 11 is 0. The zero-order chi connectivity index (χ0) is 8.39. The van der Waals surface area contributed by atoms with E-state index >= 15 is 0 Å². The Bertz CT molecular complexity index is 242. The van der Waals surface area contributed by atoms with Gasteiger partial charge in [0.2, 0.25) is 0 Å². The topological polar surface area (TPSA) is 12.0 Å². The predicted molar refractivity (Wildman–Crippen MR) is 51.0 cm³/mol. The van der Waals surface area contributed by atoms with Gasteiger partial charge in [-0.3, -0.25) is 0 Å². The van der Waals surface area contributed by atoms with Gasteiger partial charge in [-0.05, 0) is 25.3 Å². The average Bonchev–Trinajstić information content (AvgIpc) is 2.54. The van der Waals surface area contributed by atoms with Gasteiger partial charge in [0.05, 0.1) is 0 Å². The lowest BCUT2D eigenvalue weighted by atomic mass is 10.1. The van der Waals surface area contributed by atoms with Crippen molar-refractivity contribution >= 4 is 0 Å². The van der Waals surface area contributed by atoms with Gasteiger partial charge >= 0.3 is 0 Å². The van der Waals surface area contributed by atoms with E-state index in [9.17, 15) is 0 Å². The summed E-state index contributed by atoms with van der Waals surface area (Å²) < 4.78 is 0. The molecule has 0 aliphatic carbocycles. The lowest BCUT2D eigenvalue weighted by Gasteiger charge is -2.11. The highest BCUT2D eigenvalue weighted by atomic mass is 15.0. The van der Waals surface area contributed by atoms with E-state index in [1.165, 1.54) is 18.4 Å². The van der Waals surface area contributed by atoms with E-state index in [1.54, 1.807) is 0 Å². The van der Waals surface area contributed by atoms with Gasteiger partial charge in [0.25, 0.3) is 0 Å². The number of benzene rings is 1.